The average molecular weight is 228 g/mol. The van der Waals surface area contributed by atoms with Crippen molar-refractivity contribution in [1.29, 1.82) is 0 Å². The molecule has 1 aromatic rings. The number of carboxylic acid groups (broad SMARTS) is 1. The molecule has 0 fully saturated rings. The van der Waals surface area contributed by atoms with Gasteiger partial charge in [0.05, 0.1) is 10.5 Å². The Morgan fingerprint density at radius 2 is 2.38 bits per heavy atom. The SMILES string of the molecule is CC(C)(CNC(=O)O)n1cc([N+](=O)[O-])cn1. The van der Waals surface area contributed by atoms with E-state index in [1.807, 2.05) is 0 Å². The maximum atomic E-state index is 10.4. The van der Waals surface area contributed by atoms with Crippen molar-refractivity contribution >= 4 is 11.8 Å². The van der Waals surface area contributed by atoms with Crippen molar-refractivity contribution in [2.45, 2.75) is 19.4 Å². The van der Waals surface area contributed by atoms with Gasteiger partial charge in [0.1, 0.15) is 12.4 Å². The lowest BCUT2D eigenvalue weighted by Crippen LogP contribution is -2.40. The lowest BCUT2D eigenvalue weighted by Gasteiger charge is -2.24. The number of hydrogen-bond acceptors (Lipinski definition) is 4. The zero-order chi connectivity index (χ0) is 12.3. The van der Waals surface area contributed by atoms with Gasteiger partial charge >= 0.3 is 11.8 Å². The second kappa shape index (κ2) is 4.17. The Morgan fingerprint density at radius 3 is 2.81 bits per heavy atom. The molecular formula is C8H12N4O4. The van der Waals surface area contributed by atoms with Crippen LogP contribution in [0.1, 0.15) is 13.8 Å². The van der Waals surface area contributed by atoms with Gasteiger partial charge in [-0.1, -0.05) is 0 Å². The Hall–Kier alpha value is -2.12. The van der Waals surface area contributed by atoms with Crippen molar-refractivity contribution in [1.82, 2.24) is 15.1 Å². The summed E-state index contributed by atoms with van der Waals surface area (Å²) in [5, 5.41) is 25.0. The fourth-order valence-electron chi connectivity index (χ4n) is 1.11. The molecule has 8 heteroatoms. The van der Waals surface area contributed by atoms with Crippen LogP contribution in [0, 0.1) is 10.1 Å². The molecule has 0 atom stereocenters. The van der Waals surface area contributed by atoms with E-state index in [9.17, 15) is 14.9 Å². The summed E-state index contributed by atoms with van der Waals surface area (Å²) in [5.74, 6) is 0. The molecule has 16 heavy (non-hydrogen) atoms. The first-order valence-corrected chi connectivity index (χ1v) is 4.49. The van der Waals surface area contributed by atoms with E-state index in [-0.39, 0.29) is 12.2 Å². The molecule has 2 N–H and O–H groups in total. The van der Waals surface area contributed by atoms with E-state index in [1.54, 1.807) is 13.8 Å². The van der Waals surface area contributed by atoms with Crippen molar-refractivity contribution in [3.05, 3.63) is 22.5 Å². The van der Waals surface area contributed by atoms with E-state index in [2.05, 4.69) is 10.4 Å². The van der Waals surface area contributed by atoms with Crippen molar-refractivity contribution in [3.63, 3.8) is 0 Å². The molecule has 0 saturated heterocycles. The minimum Gasteiger partial charge on any atom is -0.465 e. The number of amides is 1. The number of carbonyl (C=O) groups is 1. The Bertz CT molecular complexity index is 412. The third kappa shape index (κ3) is 2.69. The molecule has 0 aliphatic carbocycles. The van der Waals surface area contributed by atoms with E-state index in [4.69, 9.17) is 5.11 Å². The predicted octanol–water partition coefficient (Wildman–Crippen LogP) is 0.794. The minimum absolute atomic E-state index is 0.112. The monoisotopic (exact) mass is 228 g/mol. The van der Waals surface area contributed by atoms with Crippen LogP contribution in [-0.2, 0) is 5.54 Å². The zero-order valence-electron chi connectivity index (χ0n) is 8.88. The fourth-order valence-corrected chi connectivity index (χ4v) is 1.11. The maximum Gasteiger partial charge on any atom is 0.404 e. The molecule has 88 valence electrons. The van der Waals surface area contributed by atoms with Crippen LogP contribution in [-0.4, -0.2) is 32.4 Å². The molecule has 1 heterocycles. The molecule has 0 spiro atoms. The van der Waals surface area contributed by atoms with Gasteiger partial charge in [0.25, 0.3) is 0 Å². The molecule has 0 aliphatic heterocycles. The van der Waals surface area contributed by atoms with Crippen LogP contribution < -0.4 is 5.32 Å². The summed E-state index contributed by atoms with van der Waals surface area (Å²) in [6, 6.07) is 0. The van der Waals surface area contributed by atoms with Crippen LogP contribution in [0.3, 0.4) is 0 Å². The molecule has 0 radical (unpaired) electrons. The molecule has 0 bridgehead atoms. The normalized spacial score (nSPS) is 11.1. The molecular weight excluding hydrogens is 216 g/mol. The number of rotatable bonds is 4. The summed E-state index contributed by atoms with van der Waals surface area (Å²) in [4.78, 5) is 20.2. The largest absolute Gasteiger partial charge is 0.465 e. The summed E-state index contributed by atoms with van der Waals surface area (Å²) in [7, 11) is 0. The van der Waals surface area contributed by atoms with Crippen LogP contribution in [0.15, 0.2) is 12.4 Å². The molecule has 1 aromatic heterocycles. The Labute approximate surface area is 91.0 Å². The van der Waals surface area contributed by atoms with Gasteiger partial charge in [-0.05, 0) is 13.8 Å². The van der Waals surface area contributed by atoms with Gasteiger partial charge in [-0.2, -0.15) is 5.10 Å². The fraction of sp³-hybridized carbons (Fsp3) is 0.500. The Morgan fingerprint density at radius 1 is 1.75 bits per heavy atom. The van der Waals surface area contributed by atoms with Crippen LogP contribution in [0.25, 0.3) is 0 Å². The number of hydrogen-bond donors (Lipinski definition) is 2. The number of aromatic nitrogens is 2. The molecule has 0 aliphatic rings. The number of nitrogens with one attached hydrogen (secondary N) is 1. The van der Waals surface area contributed by atoms with Gasteiger partial charge in [0.2, 0.25) is 0 Å². The van der Waals surface area contributed by atoms with E-state index >= 15 is 0 Å². The van der Waals surface area contributed by atoms with Crippen LogP contribution in [0.4, 0.5) is 10.5 Å². The van der Waals surface area contributed by atoms with E-state index in [1.165, 1.54) is 10.9 Å². The summed E-state index contributed by atoms with van der Waals surface area (Å²) in [6.45, 7) is 3.56. The van der Waals surface area contributed by atoms with Gasteiger partial charge in [0, 0.05) is 6.54 Å². The van der Waals surface area contributed by atoms with Gasteiger partial charge in [0.15, 0.2) is 0 Å². The lowest BCUT2D eigenvalue weighted by atomic mass is 10.1. The highest BCUT2D eigenvalue weighted by Crippen LogP contribution is 2.17. The van der Waals surface area contributed by atoms with E-state index in [0.29, 0.717) is 0 Å². The second-order valence-electron chi connectivity index (χ2n) is 3.87. The highest BCUT2D eigenvalue weighted by Gasteiger charge is 2.24. The molecule has 8 nitrogen and oxygen atoms in total. The maximum absolute atomic E-state index is 10.4. The van der Waals surface area contributed by atoms with E-state index < -0.39 is 16.6 Å². The van der Waals surface area contributed by atoms with Gasteiger partial charge in [-0.25, -0.2) is 4.79 Å². The standard InChI is InChI=1S/C8H12N4O4/c1-8(2,5-9-7(13)14)11-4-6(3-10-11)12(15)16/h3-4,9H,5H2,1-2H3,(H,13,14). The van der Waals surface area contributed by atoms with Crippen LogP contribution in [0.2, 0.25) is 0 Å². The molecule has 0 unspecified atom stereocenters. The second-order valence-corrected chi connectivity index (χ2v) is 3.87. The highest BCUT2D eigenvalue weighted by molar-refractivity contribution is 5.64. The Balaban J connectivity index is 2.80. The van der Waals surface area contributed by atoms with Crippen molar-refractivity contribution in [2.75, 3.05) is 6.54 Å². The molecule has 0 saturated carbocycles. The molecule has 1 amide bonds. The van der Waals surface area contributed by atoms with Gasteiger partial charge in [-0.3, -0.25) is 14.8 Å². The van der Waals surface area contributed by atoms with Crippen LogP contribution in [0.5, 0.6) is 0 Å². The Kier molecular flexibility index (Phi) is 3.11. The van der Waals surface area contributed by atoms with E-state index in [0.717, 1.165) is 6.20 Å². The van der Waals surface area contributed by atoms with Gasteiger partial charge in [-0.15, -0.1) is 0 Å². The molecule has 0 aromatic carbocycles. The smallest absolute Gasteiger partial charge is 0.404 e. The third-order valence-electron chi connectivity index (χ3n) is 2.07. The summed E-state index contributed by atoms with van der Waals surface area (Å²) < 4.78 is 1.36. The predicted molar refractivity (Wildman–Crippen MR) is 54.2 cm³/mol. The average Bonchev–Trinajstić information content (AvgIpc) is 2.64. The number of nitrogens with zero attached hydrogens (tertiary/aromatic N) is 3. The summed E-state index contributed by atoms with van der Waals surface area (Å²) >= 11 is 0. The van der Waals surface area contributed by atoms with Crippen LogP contribution >= 0.6 is 0 Å². The van der Waals surface area contributed by atoms with Crippen molar-refractivity contribution < 1.29 is 14.8 Å². The summed E-state index contributed by atoms with van der Waals surface area (Å²) in [5.41, 5.74) is -0.782. The summed E-state index contributed by atoms with van der Waals surface area (Å²) in [6.07, 6.45) is 1.25. The minimum atomic E-state index is -1.14. The first kappa shape index (κ1) is 12.0. The lowest BCUT2D eigenvalue weighted by molar-refractivity contribution is -0.385. The highest BCUT2D eigenvalue weighted by atomic mass is 16.6. The third-order valence-corrected chi connectivity index (χ3v) is 2.07. The topological polar surface area (TPSA) is 110 Å². The first-order chi connectivity index (χ1) is 7.33. The molecule has 1 rings (SSSR count). The first-order valence-electron chi connectivity index (χ1n) is 4.49. The van der Waals surface area contributed by atoms with Crippen molar-refractivity contribution in [3.8, 4) is 0 Å². The number of nitro groups is 1. The van der Waals surface area contributed by atoms with Crippen molar-refractivity contribution in [2.24, 2.45) is 0 Å². The quantitative estimate of drug-likeness (QED) is 0.584. The zero-order valence-corrected chi connectivity index (χ0v) is 8.88. The van der Waals surface area contributed by atoms with Gasteiger partial charge < -0.3 is 10.4 Å².